The van der Waals surface area contributed by atoms with Crippen molar-refractivity contribution < 1.29 is 13.9 Å². The number of aromatic nitrogens is 2. The fourth-order valence-electron chi connectivity index (χ4n) is 2.68. The molecule has 1 atom stereocenters. The quantitative estimate of drug-likeness (QED) is 0.901. The van der Waals surface area contributed by atoms with Gasteiger partial charge in [-0.2, -0.15) is 0 Å². The number of hydrogen-bond donors (Lipinski definition) is 1. The van der Waals surface area contributed by atoms with Crippen LogP contribution in [0.2, 0.25) is 0 Å². The number of aryl methyl sites for hydroxylation is 1. The van der Waals surface area contributed by atoms with Crippen molar-refractivity contribution in [2.75, 3.05) is 32.8 Å². The van der Waals surface area contributed by atoms with Crippen molar-refractivity contribution in [3.8, 4) is 5.75 Å². The summed E-state index contributed by atoms with van der Waals surface area (Å²) in [7, 11) is 0. The van der Waals surface area contributed by atoms with Gasteiger partial charge in [0.15, 0.2) is 0 Å². The van der Waals surface area contributed by atoms with Gasteiger partial charge in [-0.1, -0.05) is 0 Å². The van der Waals surface area contributed by atoms with Crippen molar-refractivity contribution in [1.82, 2.24) is 14.9 Å². The van der Waals surface area contributed by atoms with E-state index in [0.717, 1.165) is 13.1 Å². The molecule has 3 rings (SSSR count). The molecule has 1 fully saturated rings. The third-order valence-electron chi connectivity index (χ3n) is 3.85. The second-order valence-corrected chi connectivity index (χ2v) is 5.72. The summed E-state index contributed by atoms with van der Waals surface area (Å²) in [5.74, 6) is 0.949. The molecule has 0 amide bonds. The van der Waals surface area contributed by atoms with E-state index < -0.39 is 0 Å². The predicted molar refractivity (Wildman–Crippen MR) is 86.6 cm³/mol. The highest BCUT2D eigenvalue weighted by Gasteiger charge is 2.23. The first kappa shape index (κ1) is 16.6. The van der Waals surface area contributed by atoms with E-state index in [1.807, 2.05) is 0 Å². The third kappa shape index (κ3) is 4.39. The molecule has 0 aliphatic carbocycles. The zero-order valence-electron chi connectivity index (χ0n) is 13.5. The van der Waals surface area contributed by atoms with Gasteiger partial charge in [-0.05, 0) is 31.2 Å². The molecule has 0 radical (unpaired) electrons. The molecule has 2 heterocycles. The van der Waals surface area contributed by atoms with E-state index in [-0.39, 0.29) is 17.5 Å². The zero-order valence-corrected chi connectivity index (χ0v) is 13.5. The van der Waals surface area contributed by atoms with E-state index in [1.54, 1.807) is 19.1 Å². The Morgan fingerprint density at radius 3 is 2.96 bits per heavy atom. The first-order valence-electron chi connectivity index (χ1n) is 7.90. The smallest absolute Gasteiger partial charge is 0.251 e. The minimum Gasteiger partial charge on any atom is -0.492 e. The number of H-pyrrole nitrogens is 1. The van der Waals surface area contributed by atoms with Crippen molar-refractivity contribution >= 4 is 0 Å². The first-order chi connectivity index (χ1) is 11.6. The molecule has 0 bridgehead atoms. The number of benzene rings is 1. The van der Waals surface area contributed by atoms with Crippen LogP contribution < -0.4 is 10.3 Å². The molecule has 1 aliphatic rings. The summed E-state index contributed by atoms with van der Waals surface area (Å²) in [6, 6.07) is 7.46. The second kappa shape index (κ2) is 7.55. The van der Waals surface area contributed by atoms with Crippen molar-refractivity contribution in [1.29, 1.82) is 0 Å². The number of halogens is 1. The lowest BCUT2D eigenvalue weighted by molar-refractivity contribution is -0.0351. The fourth-order valence-corrected chi connectivity index (χ4v) is 2.68. The largest absolute Gasteiger partial charge is 0.492 e. The van der Waals surface area contributed by atoms with Crippen LogP contribution in [0.3, 0.4) is 0 Å². The Hall–Kier alpha value is -2.25. The molecule has 7 heteroatoms. The van der Waals surface area contributed by atoms with Crippen LogP contribution in [0.4, 0.5) is 4.39 Å². The molecule has 128 valence electrons. The molecular weight excluding hydrogens is 313 g/mol. The molecule has 2 aromatic rings. The number of rotatable bonds is 5. The van der Waals surface area contributed by atoms with Gasteiger partial charge in [-0.25, -0.2) is 9.37 Å². The van der Waals surface area contributed by atoms with Gasteiger partial charge >= 0.3 is 0 Å². The summed E-state index contributed by atoms with van der Waals surface area (Å²) in [6.45, 7) is 5.00. The van der Waals surface area contributed by atoms with Crippen LogP contribution in [0.5, 0.6) is 5.75 Å². The number of hydrogen-bond acceptors (Lipinski definition) is 5. The molecule has 1 saturated heterocycles. The van der Waals surface area contributed by atoms with Gasteiger partial charge in [0, 0.05) is 25.7 Å². The van der Waals surface area contributed by atoms with Crippen LogP contribution >= 0.6 is 0 Å². The molecule has 1 aromatic carbocycles. The lowest BCUT2D eigenvalue weighted by Crippen LogP contribution is -2.41. The van der Waals surface area contributed by atoms with E-state index in [9.17, 15) is 9.18 Å². The molecule has 1 N–H and O–H groups in total. The standard InChI is InChI=1S/C17H20FN3O3/c1-12-19-15(10-17(22)20-12)16-11-21(7-9-24-16)6-8-23-14-4-2-13(18)3-5-14/h2-5,10,16H,6-9,11H2,1H3,(H,19,20,22)/t16-/m1/s1. The highest BCUT2D eigenvalue weighted by molar-refractivity contribution is 5.22. The average molecular weight is 333 g/mol. The lowest BCUT2D eigenvalue weighted by Gasteiger charge is -2.32. The van der Waals surface area contributed by atoms with Crippen molar-refractivity contribution in [3.63, 3.8) is 0 Å². The maximum atomic E-state index is 12.9. The number of nitrogens with one attached hydrogen (secondary N) is 1. The van der Waals surface area contributed by atoms with Gasteiger partial charge < -0.3 is 14.5 Å². The number of ether oxygens (including phenoxy) is 2. The van der Waals surface area contributed by atoms with Crippen LogP contribution in [-0.4, -0.2) is 47.7 Å². The Labute approximate surface area is 139 Å². The number of morpholine rings is 1. The monoisotopic (exact) mass is 333 g/mol. The molecule has 24 heavy (non-hydrogen) atoms. The maximum Gasteiger partial charge on any atom is 0.251 e. The zero-order chi connectivity index (χ0) is 16.9. The second-order valence-electron chi connectivity index (χ2n) is 5.72. The Bertz CT molecular complexity index is 733. The number of nitrogens with zero attached hydrogens (tertiary/aromatic N) is 2. The fraction of sp³-hybridized carbons (Fsp3) is 0.412. The van der Waals surface area contributed by atoms with E-state index in [2.05, 4.69) is 14.9 Å². The number of aromatic amines is 1. The molecular formula is C17H20FN3O3. The third-order valence-corrected chi connectivity index (χ3v) is 3.85. The summed E-state index contributed by atoms with van der Waals surface area (Å²) in [5.41, 5.74) is 0.485. The molecule has 0 spiro atoms. The van der Waals surface area contributed by atoms with Crippen LogP contribution in [0.25, 0.3) is 0 Å². The summed E-state index contributed by atoms with van der Waals surface area (Å²) in [4.78, 5) is 20.8. The van der Waals surface area contributed by atoms with Crippen LogP contribution in [-0.2, 0) is 4.74 Å². The van der Waals surface area contributed by atoms with E-state index in [4.69, 9.17) is 9.47 Å². The average Bonchev–Trinajstić information content (AvgIpc) is 2.56. The highest BCUT2D eigenvalue weighted by Crippen LogP contribution is 2.19. The van der Waals surface area contributed by atoms with Crippen LogP contribution in [0, 0.1) is 12.7 Å². The SMILES string of the molecule is Cc1nc([C@H]2CN(CCOc3ccc(F)cc3)CCO2)cc(=O)[nH]1. The summed E-state index contributed by atoms with van der Waals surface area (Å²) in [5, 5.41) is 0. The Kier molecular flexibility index (Phi) is 5.22. The Morgan fingerprint density at radius 2 is 2.21 bits per heavy atom. The minimum absolute atomic E-state index is 0.169. The Balaban J connectivity index is 1.53. The van der Waals surface area contributed by atoms with Gasteiger partial charge in [-0.3, -0.25) is 9.69 Å². The first-order valence-corrected chi connectivity index (χ1v) is 7.90. The normalized spacial score (nSPS) is 18.5. The molecule has 0 unspecified atom stereocenters. The van der Waals surface area contributed by atoms with E-state index in [1.165, 1.54) is 18.2 Å². The summed E-state index contributed by atoms with van der Waals surface area (Å²) in [6.07, 6.45) is -0.217. The summed E-state index contributed by atoms with van der Waals surface area (Å²) >= 11 is 0. The minimum atomic E-state index is -0.279. The molecule has 0 saturated carbocycles. The van der Waals surface area contributed by atoms with E-state index >= 15 is 0 Å². The molecule has 1 aromatic heterocycles. The topological polar surface area (TPSA) is 67.5 Å². The summed E-state index contributed by atoms with van der Waals surface area (Å²) < 4.78 is 24.2. The van der Waals surface area contributed by atoms with Gasteiger partial charge in [0.25, 0.3) is 5.56 Å². The van der Waals surface area contributed by atoms with Gasteiger partial charge in [-0.15, -0.1) is 0 Å². The predicted octanol–water partition coefficient (Wildman–Crippen LogP) is 1.67. The molecule has 1 aliphatic heterocycles. The van der Waals surface area contributed by atoms with Crippen molar-refractivity contribution in [2.24, 2.45) is 0 Å². The highest BCUT2D eigenvalue weighted by atomic mass is 19.1. The van der Waals surface area contributed by atoms with Gasteiger partial charge in [0.1, 0.15) is 30.1 Å². The van der Waals surface area contributed by atoms with Crippen LogP contribution in [0.1, 0.15) is 17.6 Å². The van der Waals surface area contributed by atoms with Crippen molar-refractivity contribution in [2.45, 2.75) is 13.0 Å². The Morgan fingerprint density at radius 1 is 1.42 bits per heavy atom. The molecule has 6 nitrogen and oxygen atoms in total. The van der Waals surface area contributed by atoms with Gasteiger partial charge in [0.05, 0.1) is 12.3 Å². The van der Waals surface area contributed by atoms with Gasteiger partial charge in [0.2, 0.25) is 0 Å². The maximum absolute atomic E-state index is 12.9. The van der Waals surface area contributed by atoms with Crippen LogP contribution in [0.15, 0.2) is 35.1 Å². The van der Waals surface area contributed by atoms with Crippen molar-refractivity contribution in [3.05, 3.63) is 58.0 Å². The lowest BCUT2D eigenvalue weighted by atomic mass is 10.2. The van der Waals surface area contributed by atoms with E-state index in [0.29, 0.717) is 37.0 Å².